The Morgan fingerprint density at radius 1 is 1.15 bits per heavy atom. The zero-order chi connectivity index (χ0) is 18.6. The molecule has 7 nitrogen and oxygen atoms in total. The fourth-order valence-corrected chi connectivity index (χ4v) is 3.79. The lowest BCUT2D eigenvalue weighted by molar-refractivity contribution is 0.201. The number of nitrogens with one attached hydrogen (secondary N) is 2. The van der Waals surface area contributed by atoms with E-state index in [4.69, 9.17) is 0 Å². The number of anilines is 1. The van der Waals surface area contributed by atoms with E-state index in [9.17, 15) is 4.79 Å². The summed E-state index contributed by atoms with van der Waals surface area (Å²) in [6.45, 7) is 2.82. The Kier molecular flexibility index (Phi) is 5.02. The fraction of sp³-hybridized carbons (Fsp3) is 0.350. The Morgan fingerprint density at radius 2 is 1.93 bits per heavy atom. The smallest absolute Gasteiger partial charge is 0.347 e. The van der Waals surface area contributed by atoms with Crippen molar-refractivity contribution in [3.63, 3.8) is 0 Å². The molecule has 3 heterocycles. The molecule has 0 saturated carbocycles. The van der Waals surface area contributed by atoms with Gasteiger partial charge in [0.2, 0.25) is 0 Å². The summed E-state index contributed by atoms with van der Waals surface area (Å²) in [4.78, 5) is 19.1. The zero-order valence-electron chi connectivity index (χ0n) is 15.4. The van der Waals surface area contributed by atoms with E-state index >= 15 is 0 Å². The van der Waals surface area contributed by atoms with Crippen molar-refractivity contribution in [1.82, 2.24) is 24.6 Å². The van der Waals surface area contributed by atoms with Gasteiger partial charge in [-0.05, 0) is 44.1 Å². The molecule has 2 aromatic heterocycles. The van der Waals surface area contributed by atoms with Gasteiger partial charge in [0.1, 0.15) is 11.6 Å². The zero-order valence-corrected chi connectivity index (χ0v) is 15.4. The van der Waals surface area contributed by atoms with Gasteiger partial charge in [0.25, 0.3) is 0 Å². The molecule has 7 heteroatoms. The highest BCUT2D eigenvalue weighted by molar-refractivity contribution is 5.42. The van der Waals surface area contributed by atoms with Gasteiger partial charge < -0.3 is 5.32 Å². The molecule has 0 bridgehead atoms. The van der Waals surface area contributed by atoms with Crippen molar-refractivity contribution >= 4 is 5.82 Å². The van der Waals surface area contributed by atoms with E-state index in [-0.39, 0.29) is 11.6 Å². The van der Waals surface area contributed by atoms with E-state index in [1.54, 1.807) is 4.57 Å². The summed E-state index contributed by atoms with van der Waals surface area (Å²) in [7, 11) is 1.90. The van der Waals surface area contributed by atoms with Crippen LogP contribution in [-0.2, 0) is 6.54 Å². The lowest BCUT2D eigenvalue weighted by Crippen LogP contribution is -2.34. The van der Waals surface area contributed by atoms with Gasteiger partial charge in [-0.25, -0.2) is 19.4 Å². The number of H-pyrrole nitrogens is 1. The molecule has 0 radical (unpaired) electrons. The fourth-order valence-electron chi connectivity index (χ4n) is 3.79. The number of nitrogens with zero attached hydrogens (tertiary/aromatic N) is 4. The molecule has 140 valence electrons. The number of benzene rings is 1. The lowest BCUT2D eigenvalue weighted by atomic mass is 9.95. The van der Waals surface area contributed by atoms with E-state index in [1.807, 2.05) is 49.6 Å². The third-order valence-corrected chi connectivity index (χ3v) is 5.19. The quantitative estimate of drug-likeness (QED) is 0.727. The summed E-state index contributed by atoms with van der Waals surface area (Å²) in [5.41, 5.74) is 1.90. The third-order valence-electron chi connectivity index (χ3n) is 5.19. The van der Waals surface area contributed by atoms with E-state index in [1.165, 1.54) is 5.56 Å². The van der Waals surface area contributed by atoms with Gasteiger partial charge in [-0.1, -0.05) is 24.3 Å². The second-order valence-electron chi connectivity index (χ2n) is 6.87. The van der Waals surface area contributed by atoms with Crippen molar-refractivity contribution in [2.45, 2.75) is 25.3 Å². The number of aromatic nitrogens is 4. The van der Waals surface area contributed by atoms with Gasteiger partial charge in [-0.3, -0.25) is 4.90 Å². The molecule has 1 fully saturated rings. The predicted octanol–water partition coefficient (Wildman–Crippen LogP) is 2.38. The molecular formula is C20H24N6O. The first-order chi connectivity index (χ1) is 13.3. The number of rotatable bonds is 5. The van der Waals surface area contributed by atoms with Crippen LogP contribution in [0, 0.1) is 0 Å². The molecule has 4 rings (SSSR count). The largest absolute Gasteiger partial charge is 0.373 e. The highest BCUT2D eigenvalue weighted by atomic mass is 16.1. The third kappa shape index (κ3) is 3.64. The van der Waals surface area contributed by atoms with Gasteiger partial charge in [0.05, 0.1) is 5.69 Å². The van der Waals surface area contributed by atoms with Crippen molar-refractivity contribution < 1.29 is 0 Å². The number of likely N-dealkylation sites (tertiary alicyclic amines) is 1. The van der Waals surface area contributed by atoms with E-state index < -0.39 is 0 Å². The Bertz CT molecular complexity index is 940. The summed E-state index contributed by atoms with van der Waals surface area (Å²) < 4.78 is 1.71. The second-order valence-corrected chi connectivity index (χ2v) is 6.87. The summed E-state index contributed by atoms with van der Waals surface area (Å²) in [6.07, 6.45) is 3.76. The van der Waals surface area contributed by atoms with E-state index in [0.717, 1.165) is 49.8 Å². The van der Waals surface area contributed by atoms with E-state index in [2.05, 4.69) is 31.5 Å². The Balaban J connectivity index is 1.47. The monoisotopic (exact) mass is 364 g/mol. The van der Waals surface area contributed by atoms with Crippen LogP contribution < -0.4 is 11.0 Å². The molecule has 27 heavy (non-hydrogen) atoms. The minimum absolute atomic E-state index is 0.173. The molecule has 0 aliphatic carbocycles. The number of hydrogen-bond donors (Lipinski definition) is 2. The van der Waals surface area contributed by atoms with Crippen LogP contribution in [-0.4, -0.2) is 44.8 Å². The minimum atomic E-state index is -0.173. The van der Waals surface area contributed by atoms with Gasteiger partial charge in [0, 0.05) is 31.3 Å². The highest BCUT2D eigenvalue weighted by Crippen LogP contribution is 2.28. The molecule has 0 amide bonds. The molecule has 1 aliphatic heterocycles. The van der Waals surface area contributed by atoms with Gasteiger partial charge in [0.15, 0.2) is 0 Å². The van der Waals surface area contributed by atoms with Crippen molar-refractivity contribution in [1.29, 1.82) is 0 Å². The molecule has 0 spiro atoms. The van der Waals surface area contributed by atoms with Crippen LogP contribution in [0.2, 0.25) is 0 Å². The SMILES string of the molecule is CNc1ncccc1CN1CCC(c2n[nH]c(=O)n2-c2ccccc2)CC1. The normalized spacial score (nSPS) is 15.7. The van der Waals surface area contributed by atoms with Gasteiger partial charge in [-0.2, -0.15) is 5.10 Å². The molecule has 3 aromatic rings. The van der Waals surface area contributed by atoms with Crippen LogP contribution in [0.4, 0.5) is 5.82 Å². The number of aromatic amines is 1. The molecule has 1 aromatic carbocycles. The average molecular weight is 364 g/mol. The Morgan fingerprint density at radius 3 is 2.67 bits per heavy atom. The maximum absolute atomic E-state index is 12.3. The number of hydrogen-bond acceptors (Lipinski definition) is 5. The average Bonchev–Trinajstić information content (AvgIpc) is 3.11. The van der Waals surface area contributed by atoms with Crippen LogP contribution in [0.25, 0.3) is 5.69 Å². The number of piperidine rings is 1. The van der Waals surface area contributed by atoms with Gasteiger partial charge >= 0.3 is 5.69 Å². The summed E-state index contributed by atoms with van der Waals surface area (Å²) >= 11 is 0. The predicted molar refractivity (Wildman–Crippen MR) is 105 cm³/mol. The summed E-state index contributed by atoms with van der Waals surface area (Å²) in [5.74, 6) is 2.05. The number of pyridine rings is 1. The first-order valence-corrected chi connectivity index (χ1v) is 9.33. The van der Waals surface area contributed by atoms with Crippen LogP contribution in [0.1, 0.15) is 30.1 Å². The minimum Gasteiger partial charge on any atom is -0.373 e. The topological polar surface area (TPSA) is 78.8 Å². The lowest BCUT2D eigenvalue weighted by Gasteiger charge is -2.31. The first kappa shape index (κ1) is 17.5. The molecular weight excluding hydrogens is 340 g/mol. The standard InChI is InChI=1S/C20H24N6O/c1-21-18-16(6-5-11-22-18)14-25-12-9-15(10-13-25)19-23-24-20(27)26(19)17-7-3-2-4-8-17/h2-8,11,15H,9-10,12-14H2,1H3,(H,21,22)(H,24,27). The Hall–Kier alpha value is -2.93. The first-order valence-electron chi connectivity index (χ1n) is 9.33. The molecule has 1 saturated heterocycles. The van der Waals surface area contributed by atoms with Crippen LogP contribution >= 0.6 is 0 Å². The second kappa shape index (κ2) is 7.75. The van der Waals surface area contributed by atoms with Gasteiger partial charge in [-0.15, -0.1) is 0 Å². The van der Waals surface area contributed by atoms with Crippen LogP contribution in [0.15, 0.2) is 53.5 Å². The molecule has 0 atom stereocenters. The molecule has 2 N–H and O–H groups in total. The Labute approximate surface area is 158 Å². The van der Waals surface area contributed by atoms with Crippen molar-refractivity contribution in [3.05, 3.63) is 70.5 Å². The maximum Gasteiger partial charge on any atom is 0.347 e. The van der Waals surface area contributed by atoms with E-state index in [0.29, 0.717) is 0 Å². The maximum atomic E-state index is 12.3. The summed E-state index contributed by atoms with van der Waals surface area (Å²) in [6, 6.07) is 13.8. The molecule has 0 unspecified atom stereocenters. The molecule has 1 aliphatic rings. The van der Waals surface area contributed by atoms with Crippen molar-refractivity contribution in [3.8, 4) is 5.69 Å². The van der Waals surface area contributed by atoms with Crippen molar-refractivity contribution in [2.24, 2.45) is 0 Å². The highest BCUT2D eigenvalue weighted by Gasteiger charge is 2.26. The van der Waals surface area contributed by atoms with Crippen LogP contribution in [0.3, 0.4) is 0 Å². The van der Waals surface area contributed by atoms with Crippen LogP contribution in [0.5, 0.6) is 0 Å². The van der Waals surface area contributed by atoms with Crippen molar-refractivity contribution in [2.75, 3.05) is 25.5 Å². The number of para-hydroxylation sites is 1. The summed E-state index contributed by atoms with van der Waals surface area (Å²) in [5, 5.41) is 10.1.